The van der Waals surface area contributed by atoms with Crippen LogP contribution in [0.2, 0.25) is 10.0 Å². The molecule has 1 atom stereocenters. The topological polar surface area (TPSA) is 37.7 Å². The van der Waals surface area contributed by atoms with Crippen molar-refractivity contribution in [3.63, 3.8) is 0 Å². The maximum absolute atomic E-state index is 14.4. The first-order valence-corrected chi connectivity index (χ1v) is 12.2. The van der Waals surface area contributed by atoms with Crippen LogP contribution in [-0.2, 0) is 0 Å². The van der Waals surface area contributed by atoms with Gasteiger partial charge in [-0.05, 0) is 42.8 Å². The monoisotopic (exact) mass is 511 g/mol. The molecule has 172 valence electrons. The highest BCUT2D eigenvalue weighted by Crippen LogP contribution is 2.42. The number of benzene rings is 3. The maximum Gasteiger partial charge on any atom is 0.207 e. The fraction of sp³-hybridized carbons (Fsp3) is 0.154. The highest BCUT2D eigenvalue weighted by atomic mass is 35.5. The fourth-order valence-corrected chi connectivity index (χ4v) is 5.31. The molecule has 0 radical (unpaired) electrons. The summed E-state index contributed by atoms with van der Waals surface area (Å²) in [5.74, 6) is -0.239. The van der Waals surface area contributed by atoms with Crippen molar-refractivity contribution < 1.29 is 9.13 Å². The summed E-state index contributed by atoms with van der Waals surface area (Å²) >= 11 is 14.2. The minimum absolute atomic E-state index is 0.194. The summed E-state index contributed by atoms with van der Waals surface area (Å²) in [6.45, 7) is 2.05. The lowest BCUT2D eigenvalue weighted by atomic mass is 9.98. The molecule has 0 aliphatic carbocycles. The van der Waals surface area contributed by atoms with Gasteiger partial charge < -0.3 is 4.74 Å². The molecule has 0 amide bonds. The van der Waals surface area contributed by atoms with Crippen molar-refractivity contribution in [3.8, 4) is 17.0 Å². The summed E-state index contributed by atoms with van der Waals surface area (Å²) < 4.78 is 19.5. The Kier molecular flexibility index (Phi) is 6.30. The number of hydrazone groups is 1. The van der Waals surface area contributed by atoms with Crippen LogP contribution < -0.4 is 9.75 Å². The van der Waals surface area contributed by atoms with Crippen LogP contribution in [-0.4, -0.2) is 17.8 Å². The number of ether oxygens (including phenoxy) is 1. The summed E-state index contributed by atoms with van der Waals surface area (Å²) in [6.07, 6.45) is 0.534. The van der Waals surface area contributed by atoms with Gasteiger partial charge in [-0.2, -0.15) is 5.10 Å². The Hall–Kier alpha value is -2.93. The van der Waals surface area contributed by atoms with Crippen LogP contribution in [0.1, 0.15) is 29.2 Å². The average Bonchev–Trinajstić information content (AvgIpc) is 3.47. The number of rotatable bonds is 5. The van der Waals surface area contributed by atoms with Gasteiger partial charge in [-0.15, -0.1) is 11.3 Å². The van der Waals surface area contributed by atoms with Crippen molar-refractivity contribution in [2.24, 2.45) is 5.10 Å². The first-order chi connectivity index (χ1) is 16.4. The van der Waals surface area contributed by atoms with Gasteiger partial charge in [0.15, 0.2) is 11.6 Å². The van der Waals surface area contributed by atoms with Crippen molar-refractivity contribution in [3.05, 3.63) is 98.6 Å². The predicted molar refractivity (Wildman–Crippen MR) is 138 cm³/mol. The number of aromatic nitrogens is 1. The summed E-state index contributed by atoms with van der Waals surface area (Å²) in [5.41, 5.74) is 5.41. The highest BCUT2D eigenvalue weighted by Gasteiger charge is 2.33. The van der Waals surface area contributed by atoms with Gasteiger partial charge in [0.25, 0.3) is 0 Å². The summed E-state index contributed by atoms with van der Waals surface area (Å²) in [4.78, 5) is 4.86. The number of anilines is 1. The quantitative estimate of drug-likeness (QED) is 0.273. The van der Waals surface area contributed by atoms with Crippen molar-refractivity contribution in [2.45, 2.75) is 19.4 Å². The molecule has 0 unspecified atom stereocenters. The van der Waals surface area contributed by atoms with Crippen LogP contribution in [0.3, 0.4) is 0 Å². The molecule has 0 spiro atoms. The van der Waals surface area contributed by atoms with Gasteiger partial charge >= 0.3 is 0 Å². The highest BCUT2D eigenvalue weighted by molar-refractivity contribution is 7.14. The second-order valence-corrected chi connectivity index (χ2v) is 9.69. The van der Waals surface area contributed by atoms with Gasteiger partial charge in [-0.25, -0.2) is 14.4 Å². The van der Waals surface area contributed by atoms with E-state index in [0.29, 0.717) is 22.0 Å². The molecule has 1 aliphatic rings. The van der Waals surface area contributed by atoms with E-state index in [-0.39, 0.29) is 11.8 Å². The lowest BCUT2D eigenvalue weighted by Gasteiger charge is -2.22. The van der Waals surface area contributed by atoms with E-state index in [9.17, 15) is 4.39 Å². The Morgan fingerprint density at radius 1 is 1.03 bits per heavy atom. The first kappa shape index (κ1) is 22.8. The smallest absolute Gasteiger partial charge is 0.207 e. The minimum atomic E-state index is -0.432. The molecule has 0 N–H and O–H groups in total. The van der Waals surface area contributed by atoms with Crippen LogP contribution in [0.4, 0.5) is 9.52 Å². The fourth-order valence-electron chi connectivity index (χ4n) is 3.95. The van der Waals surface area contributed by atoms with E-state index in [1.807, 2.05) is 28.6 Å². The molecule has 34 heavy (non-hydrogen) atoms. The summed E-state index contributed by atoms with van der Waals surface area (Å²) in [7, 11) is 1.44. The molecule has 1 aromatic heterocycles. The third kappa shape index (κ3) is 4.41. The van der Waals surface area contributed by atoms with Gasteiger partial charge in [0.2, 0.25) is 5.13 Å². The first-order valence-electron chi connectivity index (χ1n) is 10.6. The Bertz CT molecular complexity index is 1390. The average molecular weight is 512 g/mol. The number of nitrogens with zero attached hydrogens (tertiary/aromatic N) is 3. The normalized spacial score (nSPS) is 15.5. The zero-order valence-corrected chi connectivity index (χ0v) is 20.8. The standard InChI is InChI=1S/C26H20Cl2FN3OS/c1-15-3-5-16(6-4-15)23-14-34-26(30-23)32-24(19-9-8-18(27)12-20(19)28)13-22(31-32)17-7-10-25(33-2)21(29)11-17/h3-12,14,24H,13H2,1-2H3/t24-/m1/s1. The van der Waals surface area contributed by atoms with E-state index in [0.717, 1.165) is 27.7 Å². The molecule has 1 aliphatic heterocycles. The van der Waals surface area contributed by atoms with Gasteiger partial charge in [0, 0.05) is 33.0 Å². The van der Waals surface area contributed by atoms with E-state index in [1.54, 1.807) is 12.1 Å². The summed E-state index contributed by atoms with van der Waals surface area (Å²) in [6, 6.07) is 18.3. The number of thiazole rings is 1. The van der Waals surface area contributed by atoms with Crippen molar-refractivity contribution in [1.82, 2.24) is 4.98 Å². The number of aryl methyl sites for hydroxylation is 1. The second-order valence-electron chi connectivity index (χ2n) is 8.01. The van der Waals surface area contributed by atoms with E-state index < -0.39 is 5.82 Å². The molecular weight excluding hydrogens is 492 g/mol. The Labute approximate surface area is 211 Å². The third-order valence-electron chi connectivity index (χ3n) is 5.75. The van der Waals surface area contributed by atoms with Crippen molar-refractivity contribution >= 4 is 45.4 Å². The van der Waals surface area contributed by atoms with E-state index >= 15 is 0 Å². The Morgan fingerprint density at radius 3 is 2.50 bits per heavy atom. The zero-order valence-electron chi connectivity index (χ0n) is 18.4. The molecular formula is C26H20Cl2FN3OS. The second kappa shape index (κ2) is 9.37. The molecule has 8 heteroatoms. The van der Waals surface area contributed by atoms with Crippen LogP contribution >= 0.6 is 34.5 Å². The third-order valence-corrected chi connectivity index (χ3v) is 7.14. The van der Waals surface area contributed by atoms with E-state index in [2.05, 4.69) is 31.2 Å². The van der Waals surface area contributed by atoms with Crippen LogP contribution in [0.5, 0.6) is 5.75 Å². The molecule has 0 saturated carbocycles. The van der Waals surface area contributed by atoms with Gasteiger partial charge in [-0.3, -0.25) is 0 Å². The molecule has 3 aromatic carbocycles. The molecule has 5 rings (SSSR count). The van der Waals surface area contributed by atoms with Gasteiger partial charge in [0.05, 0.1) is 24.6 Å². The summed E-state index contributed by atoms with van der Waals surface area (Å²) in [5, 5.41) is 10.6. The maximum atomic E-state index is 14.4. The van der Waals surface area contributed by atoms with Crippen LogP contribution in [0.15, 0.2) is 71.1 Å². The molecule has 4 aromatic rings. The van der Waals surface area contributed by atoms with Crippen molar-refractivity contribution in [1.29, 1.82) is 0 Å². The van der Waals surface area contributed by atoms with Crippen LogP contribution in [0.25, 0.3) is 11.3 Å². The molecule has 0 bridgehead atoms. The zero-order chi connectivity index (χ0) is 23.8. The molecule has 4 nitrogen and oxygen atoms in total. The van der Waals surface area contributed by atoms with E-state index in [4.69, 9.17) is 38.0 Å². The molecule has 2 heterocycles. The number of methoxy groups -OCH3 is 1. The van der Waals surface area contributed by atoms with Crippen LogP contribution in [0, 0.1) is 12.7 Å². The van der Waals surface area contributed by atoms with Gasteiger partial charge in [-0.1, -0.05) is 59.1 Å². The number of hydrogen-bond acceptors (Lipinski definition) is 5. The lowest BCUT2D eigenvalue weighted by Crippen LogP contribution is -2.18. The minimum Gasteiger partial charge on any atom is -0.494 e. The van der Waals surface area contributed by atoms with E-state index in [1.165, 1.54) is 30.1 Å². The number of hydrogen-bond donors (Lipinski definition) is 0. The largest absolute Gasteiger partial charge is 0.494 e. The van der Waals surface area contributed by atoms with Gasteiger partial charge in [0.1, 0.15) is 0 Å². The van der Waals surface area contributed by atoms with Crippen molar-refractivity contribution in [2.75, 3.05) is 12.1 Å². The Morgan fingerprint density at radius 2 is 1.79 bits per heavy atom. The number of halogens is 3. The molecule has 0 fully saturated rings. The lowest BCUT2D eigenvalue weighted by molar-refractivity contribution is 0.386. The SMILES string of the molecule is COc1ccc(C2=NN(c3nc(-c4ccc(C)cc4)cs3)[C@@H](c3ccc(Cl)cc3Cl)C2)cc1F. The molecule has 0 saturated heterocycles. The predicted octanol–water partition coefficient (Wildman–Crippen LogP) is 7.93. The Balaban J connectivity index is 1.55.